The Morgan fingerprint density at radius 3 is 2.71 bits per heavy atom. The maximum atomic E-state index is 11.7. The Kier molecular flexibility index (Phi) is 4.89. The van der Waals surface area contributed by atoms with Crippen molar-refractivity contribution in [2.24, 2.45) is 0 Å². The van der Waals surface area contributed by atoms with E-state index in [0.717, 1.165) is 0 Å². The normalized spacial score (nSPS) is 11.8. The minimum absolute atomic E-state index is 0.133. The van der Waals surface area contributed by atoms with Crippen LogP contribution < -0.4 is 5.32 Å². The van der Waals surface area contributed by atoms with Gasteiger partial charge in [-0.25, -0.2) is 9.78 Å². The molecule has 0 saturated carbocycles. The van der Waals surface area contributed by atoms with Gasteiger partial charge in [-0.05, 0) is 35.0 Å². The van der Waals surface area contributed by atoms with Crippen LogP contribution in [-0.4, -0.2) is 30.0 Å². The number of nitrogens with one attached hydrogen (secondary N) is 1. The number of esters is 1. The third-order valence-corrected chi connectivity index (χ3v) is 3.09. The van der Waals surface area contributed by atoms with E-state index in [9.17, 15) is 9.59 Å². The molecule has 1 N–H and O–H groups in total. The summed E-state index contributed by atoms with van der Waals surface area (Å²) in [6.07, 6.45) is 0. The Bertz CT molecular complexity index is 453. The number of ether oxygens (including phenoxy) is 1. The summed E-state index contributed by atoms with van der Waals surface area (Å²) in [6.45, 7) is 1.52. The molecule has 0 bridgehead atoms. The van der Waals surface area contributed by atoms with Crippen molar-refractivity contribution in [3.63, 3.8) is 0 Å². The summed E-state index contributed by atoms with van der Waals surface area (Å²) in [5, 5.41) is 2.63. The van der Waals surface area contributed by atoms with Crippen molar-refractivity contribution in [2.45, 2.75) is 13.0 Å². The van der Waals surface area contributed by atoms with Crippen molar-refractivity contribution < 1.29 is 14.3 Å². The lowest BCUT2D eigenvalue weighted by atomic mass is 10.3. The van der Waals surface area contributed by atoms with Gasteiger partial charge in [0, 0.05) is 0 Å². The average Bonchev–Trinajstić information content (AvgIpc) is 2.31. The zero-order valence-corrected chi connectivity index (χ0v) is 11.5. The Morgan fingerprint density at radius 2 is 2.18 bits per heavy atom. The quantitative estimate of drug-likeness (QED) is 0.681. The second-order valence-corrected chi connectivity index (χ2v) is 4.40. The van der Waals surface area contributed by atoms with E-state index in [1.54, 1.807) is 6.07 Å². The number of rotatable bonds is 3. The molecule has 92 valence electrons. The van der Waals surface area contributed by atoms with Crippen LogP contribution in [0.4, 0.5) is 0 Å². The van der Waals surface area contributed by atoms with Crippen molar-refractivity contribution in [1.82, 2.24) is 10.3 Å². The number of carbonyl (C=O) groups is 2. The molecule has 1 amide bonds. The molecule has 1 aromatic rings. The number of carbonyl (C=O) groups excluding carboxylic acids is 2. The number of aromatic nitrogens is 1. The Morgan fingerprint density at radius 1 is 1.53 bits per heavy atom. The van der Waals surface area contributed by atoms with E-state index in [-0.39, 0.29) is 10.8 Å². The van der Waals surface area contributed by atoms with Crippen LogP contribution in [0.2, 0.25) is 5.15 Å². The zero-order chi connectivity index (χ0) is 13.0. The number of hydrogen-bond donors (Lipinski definition) is 1. The van der Waals surface area contributed by atoms with E-state index in [0.29, 0.717) is 4.47 Å². The monoisotopic (exact) mass is 320 g/mol. The molecule has 0 saturated heterocycles. The number of halogens is 2. The Labute approximate surface area is 112 Å². The minimum atomic E-state index is -0.739. The molecule has 5 nitrogen and oxygen atoms in total. The molecule has 0 spiro atoms. The van der Waals surface area contributed by atoms with Crippen LogP contribution in [0, 0.1) is 0 Å². The molecule has 7 heteroatoms. The van der Waals surface area contributed by atoms with E-state index in [4.69, 9.17) is 11.6 Å². The molecule has 17 heavy (non-hydrogen) atoms. The van der Waals surface area contributed by atoms with Crippen LogP contribution in [0.15, 0.2) is 16.6 Å². The number of pyridine rings is 1. The van der Waals surface area contributed by atoms with Gasteiger partial charge in [-0.3, -0.25) is 4.79 Å². The van der Waals surface area contributed by atoms with E-state index in [1.165, 1.54) is 20.1 Å². The SMILES string of the molecule is COC(=O)[C@@H](C)NC(=O)c1ccc(Br)c(Cl)n1. The van der Waals surface area contributed by atoms with Crippen LogP contribution in [0.25, 0.3) is 0 Å². The smallest absolute Gasteiger partial charge is 0.328 e. The van der Waals surface area contributed by atoms with Gasteiger partial charge in [-0.1, -0.05) is 11.6 Å². The molecule has 0 radical (unpaired) electrons. The van der Waals surface area contributed by atoms with Gasteiger partial charge in [0.05, 0.1) is 11.6 Å². The number of amides is 1. The lowest BCUT2D eigenvalue weighted by Gasteiger charge is -2.11. The molecule has 0 aliphatic rings. The summed E-state index contributed by atoms with van der Waals surface area (Å²) in [7, 11) is 1.25. The summed E-state index contributed by atoms with van der Waals surface area (Å²) < 4.78 is 5.08. The highest BCUT2D eigenvalue weighted by Crippen LogP contribution is 2.19. The van der Waals surface area contributed by atoms with Crippen LogP contribution in [0.3, 0.4) is 0 Å². The minimum Gasteiger partial charge on any atom is -0.467 e. The van der Waals surface area contributed by atoms with Crippen molar-refractivity contribution in [3.8, 4) is 0 Å². The maximum Gasteiger partial charge on any atom is 0.328 e. The van der Waals surface area contributed by atoms with Crippen LogP contribution in [0.5, 0.6) is 0 Å². The standard InChI is InChI=1S/C10H10BrClN2O3/c1-5(10(16)17-2)13-9(15)7-4-3-6(11)8(12)14-7/h3-5H,1-2H3,(H,13,15)/t5-/m1/s1. The van der Waals surface area contributed by atoms with Crippen molar-refractivity contribution in [1.29, 1.82) is 0 Å². The fourth-order valence-corrected chi connectivity index (χ4v) is 1.42. The number of methoxy groups -OCH3 is 1. The predicted molar refractivity (Wildman–Crippen MR) is 65.9 cm³/mol. The second kappa shape index (κ2) is 5.97. The summed E-state index contributed by atoms with van der Waals surface area (Å²) in [4.78, 5) is 26.7. The van der Waals surface area contributed by atoms with Gasteiger partial charge >= 0.3 is 5.97 Å². The predicted octanol–water partition coefficient (Wildman–Crippen LogP) is 1.79. The van der Waals surface area contributed by atoms with Gasteiger partial charge in [0.2, 0.25) is 0 Å². The van der Waals surface area contributed by atoms with Crippen LogP contribution in [0.1, 0.15) is 17.4 Å². The van der Waals surface area contributed by atoms with E-state index < -0.39 is 17.9 Å². The molecule has 1 rings (SSSR count). The van der Waals surface area contributed by atoms with Crippen molar-refractivity contribution in [2.75, 3.05) is 7.11 Å². The van der Waals surface area contributed by atoms with E-state index in [2.05, 4.69) is 31.0 Å². The molecule has 1 heterocycles. The molecule has 0 unspecified atom stereocenters. The first-order valence-corrected chi connectivity index (χ1v) is 5.83. The molecule has 1 atom stereocenters. The molecular weight excluding hydrogens is 311 g/mol. The van der Waals surface area contributed by atoms with Gasteiger partial charge in [-0.15, -0.1) is 0 Å². The van der Waals surface area contributed by atoms with Gasteiger partial charge in [0.25, 0.3) is 5.91 Å². The summed E-state index contributed by atoms with van der Waals surface area (Å²) in [5.74, 6) is -1.01. The van der Waals surface area contributed by atoms with Gasteiger partial charge in [0.15, 0.2) is 0 Å². The molecular formula is C10H10BrClN2O3. The van der Waals surface area contributed by atoms with Gasteiger partial charge in [-0.2, -0.15) is 0 Å². The van der Waals surface area contributed by atoms with Gasteiger partial charge < -0.3 is 10.1 Å². The topological polar surface area (TPSA) is 68.3 Å². The van der Waals surface area contributed by atoms with Crippen molar-refractivity contribution in [3.05, 3.63) is 27.5 Å². The number of nitrogens with zero attached hydrogens (tertiary/aromatic N) is 1. The first-order chi connectivity index (χ1) is 7.95. The lowest BCUT2D eigenvalue weighted by molar-refractivity contribution is -0.142. The lowest BCUT2D eigenvalue weighted by Crippen LogP contribution is -2.39. The summed E-state index contributed by atoms with van der Waals surface area (Å²) in [5.41, 5.74) is 0.133. The zero-order valence-electron chi connectivity index (χ0n) is 9.16. The highest BCUT2D eigenvalue weighted by atomic mass is 79.9. The molecule has 0 aliphatic heterocycles. The first-order valence-electron chi connectivity index (χ1n) is 4.66. The molecule has 0 fully saturated rings. The van der Waals surface area contributed by atoms with Gasteiger partial charge in [0.1, 0.15) is 16.9 Å². The maximum absolute atomic E-state index is 11.7. The average molecular weight is 322 g/mol. The van der Waals surface area contributed by atoms with E-state index >= 15 is 0 Å². The number of hydrogen-bond acceptors (Lipinski definition) is 4. The summed E-state index contributed by atoms with van der Waals surface area (Å²) >= 11 is 8.92. The Balaban J connectivity index is 2.76. The summed E-state index contributed by atoms with van der Waals surface area (Å²) in [6, 6.07) is 2.36. The largest absolute Gasteiger partial charge is 0.467 e. The van der Waals surface area contributed by atoms with E-state index in [1.807, 2.05) is 0 Å². The fourth-order valence-electron chi connectivity index (χ4n) is 1.05. The Hall–Kier alpha value is -1.14. The fraction of sp³-hybridized carbons (Fsp3) is 0.300. The third kappa shape index (κ3) is 3.67. The van der Waals surface area contributed by atoms with Crippen LogP contribution in [-0.2, 0) is 9.53 Å². The third-order valence-electron chi connectivity index (χ3n) is 1.94. The first kappa shape index (κ1) is 13.9. The molecule has 1 aromatic heterocycles. The highest BCUT2D eigenvalue weighted by molar-refractivity contribution is 9.10. The highest BCUT2D eigenvalue weighted by Gasteiger charge is 2.18. The van der Waals surface area contributed by atoms with Crippen molar-refractivity contribution >= 4 is 39.4 Å². The van der Waals surface area contributed by atoms with Crippen LogP contribution >= 0.6 is 27.5 Å². The second-order valence-electron chi connectivity index (χ2n) is 3.19. The molecule has 0 aliphatic carbocycles. The molecule has 0 aromatic carbocycles.